The van der Waals surface area contributed by atoms with Gasteiger partial charge in [-0.1, -0.05) is 6.07 Å². The van der Waals surface area contributed by atoms with E-state index in [-0.39, 0.29) is 19.3 Å². The SMILES string of the molecule is CCOc1cc(CN2CCO[C@H](C(F)(F)F)C2)ccc1OC(C)C. The van der Waals surface area contributed by atoms with Crippen molar-refractivity contribution in [2.75, 3.05) is 26.3 Å². The molecule has 0 radical (unpaired) electrons. The molecular formula is C17H24F3NO3. The van der Waals surface area contributed by atoms with Crippen molar-refractivity contribution in [3.63, 3.8) is 0 Å². The zero-order valence-corrected chi connectivity index (χ0v) is 14.2. The zero-order chi connectivity index (χ0) is 17.7. The molecule has 1 aromatic carbocycles. The van der Waals surface area contributed by atoms with E-state index in [4.69, 9.17) is 14.2 Å². The van der Waals surface area contributed by atoms with Gasteiger partial charge in [0, 0.05) is 19.6 Å². The van der Waals surface area contributed by atoms with Crippen molar-refractivity contribution in [2.45, 2.75) is 45.7 Å². The van der Waals surface area contributed by atoms with Crippen molar-refractivity contribution in [1.29, 1.82) is 0 Å². The maximum Gasteiger partial charge on any atom is 0.415 e. The van der Waals surface area contributed by atoms with E-state index in [0.717, 1.165) is 5.56 Å². The van der Waals surface area contributed by atoms with E-state index in [1.54, 1.807) is 4.90 Å². The Hall–Kier alpha value is -1.47. The Morgan fingerprint density at radius 2 is 2.04 bits per heavy atom. The van der Waals surface area contributed by atoms with Crippen LogP contribution in [-0.4, -0.2) is 49.6 Å². The van der Waals surface area contributed by atoms with Gasteiger partial charge in [0.1, 0.15) is 0 Å². The molecule has 1 atom stereocenters. The molecule has 24 heavy (non-hydrogen) atoms. The number of morpholine rings is 1. The van der Waals surface area contributed by atoms with Gasteiger partial charge >= 0.3 is 6.18 Å². The second kappa shape index (κ2) is 8.07. The summed E-state index contributed by atoms with van der Waals surface area (Å²) in [5, 5.41) is 0. The molecule has 0 aromatic heterocycles. The lowest BCUT2D eigenvalue weighted by Crippen LogP contribution is -2.48. The molecule has 0 spiro atoms. The zero-order valence-electron chi connectivity index (χ0n) is 14.2. The Morgan fingerprint density at radius 1 is 1.29 bits per heavy atom. The Kier molecular flexibility index (Phi) is 6.34. The largest absolute Gasteiger partial charge is 0.490 e. The topological polar surface area (TPSA) is 30.9 Å². The van der Waals surface area contributed by atoms with Gasteiger partial charge in [0.15, 0.2) is 17.6 Å². The molecule has 1 fully saturated rings. The standard InChI is InChI=1S/C17H24F3NO3/c1-4-22-15-9-13(5-6-14(15)24-12(2)3)10-21-7-8-23-16(11-21)17(18,19)20/h5-6,9,12,16H,4,7-8,10-11H2,1-3H3/t16-/m0/s1. The fraction of sp³-hybridized carbons (Fsp3) is 0.647. The molecule has 0 unspecified atom stereocenters. The van der Waals surface area contributed by atoms with E-state index in [0.29, 0.717) is 31.2 Å². The molecule has 1 saturated heterocycles. The third-order valence-electron chi connectivity index (χ3n) is 3.59. The van der Waals surface area contributed by atoms with Crippen LogP contribution in [0.1, 0.15) is 26.3 Å². The first-order valence-corrected chi connectivity index (χ1v) is 8.12. The van der Waals surface area contributed by atoms with Gasteiger partial charge in [-0.05, 0) is 38.5 Å². The first-order valence-electron chi connectivity index (χ1n) is 8.12. The normalized spacial score (nSPS) is 19.5. The number of benzene rings is 1. The van der Waals surface area contributed by atoms with Gasteiger partial charge in [0.05, 0.1) is 19.3 Å². The summed E-state index contributed by atoms with van der Waals surface area (Å²) in [4.78, 5) is 1.75. The average Bonchev–Trinajstić information content (AvgIpc) is 2.49. The highest BCUT2D eigenvalue weighted by Gasteiger charge is 2.43. The van der Waals surface area contributed by atoms with Crippen molar-refractivity contribution >= 4 is 0 Å². The van der Waals surface area contributed by atoms with Gasteiger partial charge in [-0.3, -0.25) is 4.90 Å². The van der Waals surface area contributed by atoms with Crippen LogP contribution in [0.5, 0.6) is 11.5 Å². The molecule has 2 rings (SSSR count). The van der Waals surface area contributed by atoms with Crippen molar-refractivity contribution in [1.82, 2.24) is 4.90 Å². The summed E-state index contributed by atoms with van der Waals surface area (Å²) in [7, 11) is 0. The Balaban J connectivity index is 2.07. The maximum atomic E-state index is 12.8. The molecule has 1 aromatic rings. The van der Waals surface area contributed by atoms with Crippen LogP contribution in [0, 0.1) is 0 Å². The number of alkyl halides is 3. The second-order valence-electron chi connectivity index (χ2n) is 6.02. The maximum absolute atomic E-state index is 12.8. The van der Waals surface area contributed by atoms with Crippen molar-refractivity contribution in [3.8, 4) is 11.5 Å². The molecule has 1 aliphatic rings. The number of rotatable bonds is 6. The smallest absolute Gasteiger partial charge is 0.415 e. The minimum atomic E-state index is -4.33. The minimum absolute atomic E-state index is 0.0156. The minimum Gasteiger partial charge on any atom is -0.490 e. The lowest BCUT2D eigenvalue weighted by atomic mass is 10.1. The van der Waals surface area contributed by atoms with Crippen LogP contribution in [0.25, 0.3) is 0 Å². The van der Waals surface area contributed by atoms with Gasteiger partial charge in [0.25, 0.3) is 0 Å². The van der Waals surface area contributed by atoms with Crippen LogP contribution in [0.2, 0.25) is 0 Å². The molecule has 0 aliphatic carbocycles. The van der Waals surface area contributed by atoms with Crippen molar-refractivity contribution in [3.05, 3.63) is 23.8 Å². The van der Waals surface area contributed by atoms with Gasteiger partial charge in [-0.25, -0.2) is 0 Å². The lowest BCUT2D eigenvalue weighted by molar-refractivity contribution is -0.237. The molecule has 0 bridgehead atoms. The molecular weight excluding hydrogens is 323 g/mol. The van der Waals surface area contributed by atoms with Crippen LogP contribution < -0.4 is 9.47 Å². The van der Waals surface area contributed by atoms with Crippen LogP contribution in [0.3, 0.4) is 0 Å². The van der Waals surface area contributed by atoms with E-state index >= 15 is 0 Å². The summed E-state index contributed by atoms with van der Waals surface area (Å²) in [6.45, 7) is 7.03. The van der Waals surface area contributed by atoms with Gasteiger partial charge in [-0.2, -0.15) is 13.2 Å². The predicted octanol–water partition coefficient (Wildman–Crippen LogP) is 3.64. The first-order chi connectivity index (χ1) is 11.3. The first kappa shape index (κ1) is 18.9. The quantitative estimate of drug-likeness (QED) is 0.786. The number of ether oxygens (including phenoxy) is 3. The predicted molar refractivity (Wildman–Crippen MR) is 84.4 cm³/mol. The highest BCUT2D eigenvalue weighted by Crippen LogP contribution is 2.31. The Morgan fingerprint density at radius 3 is 2.67 bits per heavy atom. The van der Waals surface area contributed by atoms with E-state index in [1.807, 2.05) is 39.0 Å². The van der Waals surface area contributed by atoms with Gasteiger partial charge in [0.2, 0.25) is 0 Å². The average molecular weight is 347 g/mol. The number of halogens is 3. The molecule has 1 heterocycles. The van der Waals surface area contributed by atoms with Crippen LogP contribution in [0.15, 0.2) is 18.2 Å². The monoisotopic (exact) mass is 347 g/mol. The van der Waals surface area contributed by atoms with Crippen molar-refractivity contribution in [2.24, 2.45) is 0 Å². The number of nitrogens with zero attached hydrogens (tertiary/aromatic N) is 1. The summed E-state index contributed by atoms with van der Waals surface area (Å²) in [6, 6.07) is 5.50. The second-order valence-corrected chi connectivity index (χ2v) is 6.02. The third-order valence-corrected chi connectivity index (χ3v) is 3.59. The number of hydrogen-bond acceptors (Lipinski definition) is 4. The fourth-order valence-corrected chi connectivity index (χ4v) is 2.57. The van der Waals surface area contributed by atoms with E-state index in [9.17, 15) is 13.2 Å². The fourth-order valence-electron chi connectivity index (χ4n) is 2.57. The molecule has 136 valence electrons. The summed E-state index contributed by atoms with van der Waals surface area (Å²) in [5.41, 5.74) is 0.886. The number of hydrogen-bond donors (Lipinski definition) is 0. The summed E-state index contributed by atoms with van der Waals surface area (Å²) >= 11 is 0. The molecule has 0 saturated carbocycles. The summed E-state index contributed by atoms with van der Waals surface area (Å²) in [5.74, 6) is 1.26. The van der Waals surface area contributed by atoms with Gasteiger partial charge < -0.3 is 14.2 Å². The van der Waals surface area contributed by atoms with Crippen LogP contribution in [0.4, 0.5) is 13.2 Å². The third kappa shape index (κ3) is 5.27. The molecule has 7 heteroatoms. The van der Waals surface area contributed by atoms with E-state index in [2.05, 4.69) is 0 Å². The van der Waals surface area contributed by atoms with Crippen LogP contribution in [-0.2, 0) is 11.3 Å². The molecule has 4 nitrogen and oxygen atoms in total. The Bertz CT molecular complexity index is 534. The van der Waals surface area contributed by atoms with E-state index in [1.165, 1.54) is 0 Å². The Labute approximate surface area is 140 Å². The molecule has 1 aliphatic heterocycles. The highest BCUT2D eigenvalue weighted by molar-refractivity contribution is 5.43. The van der Waals surface area contributed by atoms with Crippen molar-refractivity contribution < 1.29 is 27.4 Å². The van der Waals surface area contributed by atoms with E-state index < -0.39 is 12.3 Å². The highest BCUT2D eigenvalue weighted by atomic mass is 19.4. The summed E-state index contributed by atoms with van der Waals surface area (Å²) < 4.78 is 54.5. The lowest BCUT2D eigenvalue weighted by Gasteiger charge is -2.33. The van der Waals surface area contributed by atoms with Gasteiger partial charge in [-0.15, -0.1) is 0 Å². The van der Waals surface area contributed by atoms with Crippen LogP contribution >= 0.6 is 0 Å². The molecule has 0 N–H and O–H groups in total. The summed E-state index contributed by atoms with van der Waals surface area (Å²) in [6.07, 6.45) is -6.03. The molecule has 0 amide bonds.